The Hall–Kier alpha value is -3.88. The van der Waals surface area contributed by atoms with E-state index in [1.54, 1.807) is 25.7 Å². The number of hydrogen-bond acceptors (Lipinski definition) is 6. The smallest absolute Gasteiger partial charge is 0.408 e. The van der Waals surface area contributed by atoms with Crippen LogP contribution in [0.25, 0.3) is 0 Å². The number of rotatable bonds is 16. The first-order valence-electron chi connectivity index (χ1n) is 15.6. The molecule has 0 aromatic heterocycles. The van der Waals surface area contributed by atoms with E-state index in [4.69, 9.17) is 9.47 Å². The lowest BCUT2D eigenvalue weighted by Gasteiger charge is -2.35. The van der Waals surface area contributed by atoms with Gasteiger partial charge in [-0.15, -0.1) is 0 Å². The Balaban J connectivity index is 2.56. The predicted molar refractivity (Wildman–Crippen MR) is 172 cm³/mol. The van der Waals surface area contributed by atoms with Crippen LogP contribution in [0.3, 0.4) is 0 Å². The van der Waals surface area contributed by atoms with E-state index in [1.165, 1.54) is 7.11 Å². The fourth-order valence-electron chi connectivity index (χ4n) is 5.10. The summed E-state index contributed by atoms with van der Waals surface area (Å²) in [5.41, 5.74) is 2.58. The van der Waals surface area contributed by atoms with Crippen LogP contribution in [-0.2, 0) is 30.3 Å². The normalized spacial score (nSPS) is 12.5. The number of nitrogens with zero attached hydrogens (tertiary/aromatic N) is 1. The van der Waals surface area contributed by atoms with Gasteiger partial charge in [-0.25, -0.2) is 4.79 Å². The van der Waals surface area contributed by atoms with E-state index in [0.717, 1.165) is 48.8 Å². The van der Waals surface area contributed by atoms with Gasteiger partial charge in [-0.3, -0.25) is 14.4 Å². The molecular formula is C35H51N3O6. The summed E-state index contributed by atoms with van der Waals surface area (Å²) in [6.07, 6.45) is 5.42. The van der Waals surface area contributed by atoms with Gasteiger partial charge < -0.3 is 25.0 Å². The van der Waals surface area contributed by atoms with Crippen molar-refractivity contribution in [1.29, 1.82) is 0 Å². The highest BCUT2D eigenvalue weighted by molar-refractivity contribution is 5.93. The number of carbonyl (C=O) groups is 4. The minimum atomic E-state index is -1.04. The second kappa shape index (κ2) is 18.0. The summed E-state index contributed by atoms with van der Waals surface area (Å²) in [6, 6.07) is 13.1. The van der Waals surface area contributed by atoms with E-state index >= 15 is 0 Å². The van der Waals surface area contributed by atoms with Gasteiger partial charge in [0.25, 0.3) is 0 Å². The predicted octanol–water partition coefficient (Wildman–Crippen LogP) is 5.96. The number of alkyl carbamates (subject to hydrolysis) is 1. The molecule has 2 aromatic carbocycles. The topological polar surface area (TPSA) is 114 Å². The van der Waals surface area contributed by atoms with Crippen LogP contribution in [0.15, 0.2) is 48.5 Å². The molecule has 2 N–H and O–H groups in total. The molecule has 2 rings (SSSR count). The van der Waals surface area contributed by atoms with Gasteiger partial charge in [0.15, 0.2) is 0 Å². The van der Waals surface area contributed by atoms with Crippen molar-refractivity contribution in [3.63, 3.8) is 0 Å². The second-order valence-corrected chi connectivity index (χ2v) is 12.3. The molecule has 0 saturated carbocycles. The molecule has 0 fully saturated rings. The molecule has 9 nitrogen and oxygen atoms in total. The van der Waals surface area contributed by atoms with Crippen LogP contribution in [0.5, 0.6) is 0 Å². The lowest BCUT2D eigenvalue weighted by Crippen LogP contribution is -2.54. The van der Waals surface area contributed by atoms with E-state index < -0.39 is 41.6 Å². The lowest BCUT2D eigenvalue weighted by molar-refractivity contribution is -0.144. The zero-order valence-corrected chi connectivity index (χ0v) is 27.5. The number of ether oxygens (including phenoxy) is 2. The molecule has 44 heavy (non-hydrogen) atoms. The van der Waals surface area contributed by atoms with Crippen molar-refractivity contribution >= 4 is 23.9 Å². The summed E-state index contributed by atoms with van der Waals surface area (Å²) in [7, 11) is 1.25. The van der Waals surface area contributed by atoms with E-state index in [2.05, 4.69) is 17.6 Å². The zero-order valence-electron chi connectivity index (χ0n) is 27.5. The van der Waals surface area contributed by atoms with Gasteiger partial charge in [0.05, 0.1) is 7.11 Å². The van der Waals surface area contributed by atoms with Gasteiger partial charge in [0.1, 0.15) is 24.2 Å². The number of benzene rings is 2. The molecule has 2 aromatic rings. The fraction of sp³-hybridized carbons (Fsp3) is 0.543. The number of amides is 3. The van der Waals surface area contributed by atoms with E-state index in [9.17, 15) is 19.2 Å². The largest absolute Gasteiger partial charge is 0.468 e. The molecule has 0 spiro atoms. The first kappa shape index (κ1) is 36.3. The summed E-state index contributed by atoms with van der Waals surface area (Å²) in [5, 5.41) is 5.46. The van der Waals surface area contributed by atoms with Crippen molar-refractivity contribution < 1.29 is 28.7 Å². The Bertz CT molecular complexity index is 1200. The van der Waals surface area contributed by atoms with Crippen LogP contribution >= 0.6 is 0 Å². The van der Waals surface area contributed by atoms with Crippen LogP contribution in [0.4, 0.5) is 4.79 Å². The first-order valence-corrected chi connectivity index (χ1v) is 15.6. The lowest BCUT2D eigenvalue weighted by atomic mass is 9.97. The Labute approximate surface area is 263 Å². The van der Waals surface area contributed by atoms with Gasteiger partial charge in [-0.05, 0) is 52.2 Å². The third-order valence-corrected chi connectivity index (χ3v) is 7.06. The minimum Gasteiger partial charge on any atom is -0.468 e. The van der Waals surface area contributed by atoms with Crippen molar-refractivity contribution in [2.75, 3.05) is 20.2 Å². The molecule has 0 aliphatic carbocycles. The average Bonchev–Trinajstić information content (AvgIpc) is 2.95. The van der Waals surface area contributed by atoms with Crippen LogP contribution in [-0.4, -0.2) is 60.6 Å². The minimum absolute atomic E-state index is 0.204. The average molecular weight is 610 g/mol. The van der Waals surface area contributed by atoms with E-state index in [0.29, 0.717) is 12.0 Å². The molecule has 0 saturated heterocycles. The fourth-order valence-corrected chi connectivity index (χ4v) is 5.10. The Kier molecular flexibility index (Phi) is 14.9. The molecule has 0 bridgehead atoms. The number of aryl methyl sites for hydroxylation is 2. The molecule has 0 aliphatic rings. The van der Waals surface area contributed by atoms with Crippen LogP contribution in [0, 0.1) is 13.8 Å². The molecule has 9 heteroatoms. The monoisotopic (exact) mass is 609 g/mol. The van der Waals surface area contributed by atoms with Crippen molar-refractivity contribution in [2.24, 2.45) is 0 Å². The van der Waals surface area contributed by atoms with Crippen molar-refractivity contribution in [3.8, 4) is 0 Å². The van der Waals surface area contributed by atoms with E-state index in [1.807, 2.05) is 62.4 Å². The molecular weight excluding hydrogens is 558 g/mol. The number of methoxy groups -OCH3 is 1. The zero-order chi connectivity index (χ0) is 32.7. The number of carbonyl (C=O) groups excluding carboxylic acids is 4. The van der Waals surface area contributed by atoms with Gasteiger partial charge in [-0.1, -0.05) is 98.7 Å². The van der Waals surface area contributed by atoms with Crippen LogP contribution in [0.1, 0.15) is 94.5 Å². The number of hydrogen-bond donors (Lipinski definition) is 2. The van der Waals surface area contributed by atoms with Gasteiger partial charge in [-0.2, -0.15) is 0 Å². The quantitative estimate of drug-likeness (QED) is 0.179. The second-order valence-electron chi connectivity index (χ2n) is 12.3. The molecule has 0 aliphatic heterocycles. The van der Waals surface area contributed by atoms with Crippen molar-refractivity contribution in [3.05, 3.63) is 70.8 Å². The Morgan fingerprint density at radius 3 is 2.09 bits per heavy atom. The summed E-state index contributed by atoms with van der Waals surface area (Å²) < 4.78 is 10.3. The van der Waals surface area contributed by atoms with Crippen LogP contribution in [0.2, 0.25) is 0 Å². The van der Waals surface area contributed by atoms with Crippen molar-refractivity contribution in [2.45, 2.75) is 104 Å². The first-order chi connectivity index (χ1) is 20.8. The molecule has 2 unspecified atom stereocenters. The summed E-state index contributed by atoms with van der Waals surface area (Å²) in [6.45, 7) is 11.2. The molecule has 0 heterocycles. The summed E-state index contributed by atoms with van der Waals surface area (Å²) in [4.78, 5) is 54.9. The maximum absolute atomic E-state index is 14.6. The molecule has 2 atom stereocenters. The standard InChI is InChI=1S/C35H51N3O6/c1-8-9-10-11-12-16-19-38(31(32(40)36-24-30(39)43-7)28-21-25(2)20-26(3)22-28)33(41)29(23-27-17-14-13-15-18-27)37-34(42)44-35(4,5)6/h13-15,17-18,20-22,29,31H,8-12,16,19,23-24H2,1-7H3,(H,36,40)(H,37,42). The maximum atomic E-state index is 14.6. The summed E-state index contributed by atoms with van der Waals surface area (Å²) >= 11 is 0. The van der Waals surface area contributed by atoms with Gasteiger partial charge in [0, 0.05) is 13.0 Å². The third-order valence-electron chi connectivity index (χ3n) is 7.06. The molecule has 242 valence electrons. The third kappa shape index (κ3) is 12.8. The Morgan fingerprint density at radius 1 is 0.886 bits per heavy atom. The van der Waals surface area contributed by atoms with Crippen molar-refractivity contribution in [1.82, 2.24) is 15.5 Å². The summed E-state index contributed by atoms with van der Waals surface area (Å²) in [5.74, 6) is -1.51. The highest BCUT2D eigenvalue weighted by Crippen LogP contribution is 2.26. The van der Waals surface area contributed by atoms with E-state index in [-0.39, 0.29) is 19.5 Å². The SMILES string of the molecule is CCCCCCCCN(C(=O)C(Cc1ccccc1)NC(=O)OC(C)(C)C)C(C(=O)NCC(=O)OC)c1cc(C)cc(C)c1. The number of nitrogens with one attached hydrogen (secondary N) is 2. The molecule has 3 amide bonds. The van der Waals surface area contributed by atoms with Gasteiger partial charge >= 0.3 is 12.1 Å². The highest BCUT2D eigenvalue weighted by Gasteiger charge is 2.36. The Morgan fingerprint density at radius 2 is 1.50 bits per heavy atom. The van der Waals surface area contributed by atoms with Crippen LogP contribution < -0.4 is 10.6 Å². The highest BCUT2D eigenvalue weighted by atomic mass is 16.6. The number of esters is 1. The molecule has 0 radical (unpaired) electrons. The maximum Gasteiger partial charge on any atom is 0.408 e. The number of unbranched alkanes of at least 4 members (excludes halogenated alkanes) is 5. The van der Waals surface area contributed by atoms with Gasteiger partial charge in [0.2, 0.25) is 11.8 Å².